The third-order valence-corrected chi connectivity index (χ3v) is 4.12. The van der Waals surface area contributed by atoms with Crippen molar-refractivity contribution >= 4 is 39.1 Å². The van der Waals surface area contributed by atoms with Crippen LogP contribution in [0.3, 0.4) is 0 Å². The number of aliphatic hydroxyl groups excluding tert-OH is 1. The molecule has 0 amide bonds. The van der Waals surface area contributed by atoms with Crippen LogP contribution >= 0.6 is 39.1 Å². The van der Waals surface area contributed by atoms with Gasteiger partial charge in [0.25, 0.3) is 0 Å². The minimum Gasteiger partial charge on any atom is -0.493 e. The van der Waals surface area contributed by atoms with Gasteiger partial charge in [0, 0.05) is 20.1 Å². The molecule has 3 nitrogen and oxygen atoms in total. The summed E-state index contributed by atoms with van der Waals surface area (Å²) < 4.78 is 11.2. The van der Waals surface area contributed by atoms with E-state index in [4.69, 9.17) is 32.7 Å². The van der Waals surface area contributed by atoms with Crippen molar-refractivity contribution in [2.75, 3.05) is 14.2 Å². The molecule has 0 bridgehead atoms. The predicted molar refractivity (Wildman–Crippen MR) is 87.8 cm³/mol. The van der Waals surface area contributed by atoms with Gasteiger partial charge in [0.15, 0.2) is 11.5 Å². The van der Waals surface area contributed by atoms with Crippen molar-refractivity contribution < 1.29 is 14.6 Å². The molecule has 0 aliphatic heterocycles. The summed E-state index contributed by atoms with van der Waals surface area (Å²) in [6.45, 7) is 0. The number of halogens is 3. The minimum absolute atomic E-state index is 0.466. The lowest BCUT2D eigenvalue weighted by molar-refractivity contribution is 0.218. The Bertz CT molecular complexity index is 641. The number of ether oxygens (including phenoxy) is 2. The van der Waals surface area contributed by atoms with Crippen molar-refractivity contribution in [2.24, 2.45) is 0 Å². The SMILES string of the molecule is COc1cc(Br)c(C(O)c2cc(Cl)cc(Cl)c2)cc1OC. The van der Waals surface area contributed by atoms with E-state index in [-0.39, 0.29) is 0 Å². The third-order valence-electron chi connectivity index (χ3n) is 3.00. The topological polar surface area (TPSA) is 38.7 Å². The maximum absolute atomic E-state index is 10.6. The smallest absolute Gasteiger partial charge is 0.161 e. The summed E-state index contributed by atoms with van der Waals surface area (Å²) in [5.74, 6) is 1.10. The van der Waals surface area contributed by atoms with Gasteiger partial charge in [0.2, 0.25) is 0 Å². The number of rotatable bonds is 4. The maximum atomic E-state index is 10.6. The Balaban J connectivity index is 2.49. The predicted octanol–water partition coefficient (Wildman–Crippen LogP) is 4.85. The number of hydrogen-bond acceptors (Lipinski definition) is 3. The molecule has 0 spiro atoms. The van der Waals surface area contributed by atoms with Gasteiger partial charge in [-0.2, -0.15) is 0 Å². The second kappa shape index (κ2) is 6.88. The van der Waals surface area contributed by atoms with Gasteiger partial charge in [-0.3, -0.25) is 0 Å². The maximum Gasteiger partial charge on any atom is 0.161 e. The zero-order valence-corrected chi connectivity index (χ0v) is 14.5. The lowest BCUT2D eigenvalue weighted by Crippen LogP contribution is -2.02. The molecular formula is C15H13BrCl2O3. The van der Waals surface area contributed by atoms with Crippen LogP contribution in [0.1, 0.15) is 17.2 Å². The van der Waals surface area contributed by atoms with Crippen LogP contribution in [-0.2, 0) is 0 Å². The third kappa shape index (κ3) is 3.64. The molecule has 0 saturated carbocycles. The van der Waals surface area contributed by atoms with Crippen LogP contribution in [0, 0.1) is 0 Å². The first-order chi connectivity index (χ1) is 9.96. The molecule has 112 valence electrons. The van der Waals surface area contributed by atoms with E-state index in [0.717, 1.165) is 0 Å². The highest BCUT2D eigenvalue weighted by atomic mass is 79.9. The second-order valence-electron chi connectivity index (χ2n) is 4.33. The van der Waals surface area contributed by atoms with Gasteiger partial charge in [0.1, 0.15) is 6.10 Å². The van der Waals surface area contributed by atoms with Crippen molar-refractivity contribution in [1.29, 1.82) is 0 Å². The highest BCUT2D eigenvalue weighted by molar-refractivity contribution is 9.10. The second-order valence-corrected chi connectivity index (χ2v) is 6.06. The molecule has 0 aliphatic carbocycles. The average molecular weight is 392 g/mol. The van der Waals surface area contributed by atoms with E-state index in [1.54, 1.807) is 37.4 Å². The van der Waals surface area contributed by atoms with Gasteiger partial charge in [-0.15, -0.1) is 0 Å². The number of benzene rings is 2. The number of methoxy groups -OCH3 is 2. The standard InChI is InChI=1S/C15H13BrCl2O3/c1-20-13-6-11(12(16)7-14(13)21-2)15(19)8-3-9(17)5-10(18)4-8/h3-7,15,19H,1-2H3. The largest absolute Gasteiger partial charge is 0.493 e. The Hall–Kier alpha value is -0.940. The van der Waals surface area contributed by atoms with Crippen LogP contribution in [0.15, 0.2) is 34.8 Å². The van der Waals surface area contributed by atoms with E-state index < -0.39 is 6.10 Å². The van der Waals surface area contributed by atoms with Crippen molar-refractivity contribution in [3.8, 4) is 11.5 Å². The Morgan fingerprint density at radius 2 is 1.48 bits per heavy atom. The Morgan fingerprint density at radius 3 is 2.00 bits per heavy atom. The molecule has 2 rings (SSSR count). The first-order valence-corrected chi connectivity index (χ1v) is 7.56. The van der Waals surface area contributed by atoms with Crippen LogP contribution in [0.25, 0.3) is 0 Å². The van der Waals surface area contributed by atoms with Crippen molar-refractivity contribution in [3.63, 3.8) is 0 Å². The zero-order chi connectivity index (χ0) is 15.6. The van der Waals surface area contributed by atoms with E-state index in [1.807, 2.05) is 0 Å². The lowest BCUT2D eigenvalue weighted by atomic mass is 10.0. The molecule has 0 saturated heterocycles. The average Bonchev–Trinajstić information content (AvgIpc) is 2.45. The fraction of sp³-hybridized carbons (Fsp3) is 0.200. The molecule has 0 aromatic heterocycles. The fourth-order valence-electron chi connectivity index (χ4n) is 1.99. The molecule has 6 heteroatoms. The molecule has 1 unspecified atom stereocenters. The zero-order valence-electron chi connectivity index (χ0n) is 11.4. The van der Waals surface area contributed by atoms with Crippen LogP contribution in [0.2, 0.25) is 10.0 Å². The highest BCUT2D eigenvalue weighted by Crippen LogP contribution is 2.38. The van der Waals surface area contributed by atoms with Gasteiger partial charge in [-0.25, -0.2) is 0 Å². The molecule has 2 aromatic rings. The molecule has 21 heavy (non-hydrogen) atoms. The lowest BCUT2D eigenvalue weighted by Gasteiger charge is -2.17. The van der Waals surface area contributed by atoms with E-state index in [1.165, 1.54) is 7.11 Å². The summed E-state index contributed by atoms with van der Waals surface area (Å²) >= 11 is 15.4. The van der Waals surface area contributed by atoms with Crippen LogP contribution < -0.4 is 9.47 Å². The number of aliphatic hydroxyl groups is 1. The summed E-state index contributed by atoms with van der Waals surface area (Å²) in [5, 5.41) is 11.5. The highest BCUT2D eigenvalue weighted by Gasteiger charge is 2.18. The Labute approximate surface area is 141 Å². The van der Waals surface area contributed by atoms with E-state index in [2.05, 4.69) is 15.9 Å². The molecule has 0 heterocycles. The first-order valence-electron chi connectivity index (χ1n) is 6.01. The van der Waals surface area contributed by atoms with E-state index >= 15 is 0 Å². The molecule has 1 atom stereocenters. The quantitative estimate of drug-likeness (QED) is 0.809. The first kappa shape index (κ1) is 16.4. The molecule has 0 fully saturated rings. The van der Waals surface area contributed by atoms with E-state index in [0.29, 0.717) is 37.1 Å². The monoisotopic (exact) mass is 390 g/mol. The molecular weight excluding hydrogens is 379 g/mol. The molecule has 2 aromatic carbocycles. The summed E-state index contributed by atoms with van der Waals surface area (Å²) in [6, 6.07) is 8.40. The van der Waals surface area contributed by atoms with E-state index in [9.17, 15) is 5.11 Å². The van der Waals surface area contributed by atoms with Crippen LogP contribution in [0.4, 0.5) is 0 Å². The van der Waals surface area contributed by atoms with Crippen LogP contribution in [-0.4, -0.2) is 19.3 Å². The van der Waals surface area contributed by atoms with Gasteiger partial charge in [0.05, 0.1) is 14.2 Å². The van der Waals surface area contributed by atoms with Crippen molar-refractivity contribution in [1.82, 2.24) is 0 Å². The van der Waals surface area contributed by atoms with Crippen molar-refractivity contribution in [2.45, 2.75) is 6.10 Å². The van der Waals surface area contributed by atoms with Crippen LogP contribution in [0.5, 0.6) is 11.5 Å². The Morgan fingerprint density at radius 1 is 0.952 bits per heavy atom. The molecule has 0 aliphatic rings. The summed E-state index contributed by atoms with van der Waals surface area (Å²) in [7, 11) is 3.09. The van der Waals surface area contributed by atoms with Gasteiger partial charge in [-0.05, 0) is 35.9 Å². The summed E-state index contributed by atoms with van der Waals surface area (Å²) in [5.41, 5.74) is 1.23. The molecule has 1 N–H and O–H groups in total. The minimum atomic E-state index is -0.893. The number of hydrogen-bond donors (Lipinski definition) is 1. The Kier molecular flexibility index (Phi) is 5.38. The van der Waals surface area contributed by atoms with Gasteiger partial charge in [-0.1, -0.05) is 39.1 Å². The van der Waals surface area contributed by atoms with Gasteiger partial charge < -0.3 is 14.6 Å². The van der Waals surface area contributed by atoms with Crippen molar-refractivity contribution in [3.05, 3.63) is 56.0 Å². The normalized spacial score (nSPS) is 12.1. The summed E-state index contributed by atoms with van der Waals surface area (Å²) in [6.07, 6.45) is -0.893. The summed E-state index contributed by atoms with van der Waals surface area (Å²) in [4.78, 5) is 0. The molecule has 0 radical (unpaired) electrons. The van der Waals surface area contributed by atoms with Gasteiger partial charge >= 0.3 is 0 Å². The fourth-order valence-corrected chi connectivity index (χ4v) is 3.07.